The summed E-state index contributed by atoms with van der Waals surface area (Å²) in [7, 11) is 0. The Hall–Kier alpha value is -1.85. The van der Waals surface area contributed by atoms with Crippen LogP contribution < -0.4 is 5.32 Å². The Balaban J connectivity index is 1.26. The average molecular weight is 360 g/mol. The molecule has 1 aromatic carbocycles. The normalized spacial score (nSPS) is 22.4. The summed E-state index contributed by atoms with van der Waals surface area (Å²) >= 11 is 6.16. The van der Waals surface area contributed by atoms with Crippen LogP contribution in [0.15, 0.2) is 34.9 Å². The van der Waals surface area contributed by atoms with Crippen LogP contribution in [0.3, 0.4) is 0 Å². The molecule has 6 heteroatoms. The molecule has 1 aliphatic carbocycles. The molecule has 5 nitrogen and oxygen atoms in total. The maximum absolute atomic E-state index is 12.1. The van der Waals surface area contributed by atoms with Gasteiger partial charge in [-0.1, -0.05) is 28.9 Å². The molecule has 2 bridgehead atoms. The fourth-order valence-corrected chi connectivity index (χ4v) is 4.24. The molecule has 2 heterocycles. The molecule has 4 rings (SSSR count). The van der Waals surface area contributed by atoms with Crippen LogP contribution in [0.25, 0.3) is 11.3 Å². The number of carbonyl (C=O) groups is 1. The van der Waals surface area contributed by atoms with Crippen LogP contribution in [0.1, 0.15) is 31.4 Å². The van der Waals surface area contributed by atoms with Crippen LogP contribution in [0.4, 0.5) is 0 Å². The molecule has 1 aromatic heterocycles. The van der Waals surface area contributed by atoms with E-state index in [1.165, 1.54) is 25.8 Å². The van der Waals surface area contributed by atoms with Gasteiger partial charge in [-0.15, -0.1) is 0 Å². The van der Waals surface area contributed by atoms with E-state index in [2.05, 4.69) is 15.4 Å². The molecule has 2 aliphatic rings. The number of fused-ring (bicyclic) bond motifs is 2. The zero-order valence-electron chi connectivity index (χ0n) is 14.1. The van der Waals surface area contributed by atoms with Gasteiger partial charge in [0.2, 0.25) is 5.91 Å². The number of halogens is 1. The van der Waals surface area contributed by atoms with E-state index in [1.54, 1.807) is 0 Å². The van der Waals surface area contributed by atoms with Gasteiger partial charge in [0.15, 0.2) is 5.76 Å². The fraction of sp³-hybridized carbons (Fsp3) is 0.474. The number of nitrogens with zero attached hydrogens (tertiary/aromatic N) is 2. The van der Waals surface area contributed by atoms with Crippen molar-refractivity contribution in [3.8, 4) is 11.3 Å². The number of rotatable bonds is 6. The molecule has 0 spiro atoms. The van der Waals surface area contributed by atoms with E-state index in [0.717, 1.165) is 18.0 Å². The highest BCUT2D eigenvalue weighted by atomic mass is 35.5. The first-order chi connectivity index (χ1) is 12.2. The zero-order chi connectivity index (χ0) is 17.2. The van der Waals surface area contributed by atoms with Crippen molar-refractivity contribution in [1.82, 2.24) is 15.4 Å². The summed E-state index contributed by atoms with van der Waals surface area (Å²) < 4.78 is 5.34. The molecule has 1 saturated carbocycles. The van der Waals surface area contributed by atoms with E-state index < -0.39 is 0 Å². The molecule has 2 fully saturated rings. The third kappa shape index (κ3) is 3.72. The third-order valence-corrected chi connectivity index (χ3v) is 5.64. The van der Waals surface area contributed by atoms with Gasteiger partial charge in [0.25, 0.3) is 0 Å². The van der Waals surface area contributed by atoms with Crippen LogP contribution in [0.2, 0.25) is 5.02 Å². The molecule has 1 N–H and O–H groups in total. The first kappa shape index (κ1) is 16.6. The molecular weight excluding hydrogens is 338 g/mol. The van der Waals surface area contributed by atoms with Gasteiger partial charge in [-0.2, -0.15) is 0 Å². The van der Waals surface area contributed by atoms with Gasteiger partial charge in [0.05, 0.1) is 11.6 Å². The van der Waals surface area contributed by atoms with Crippen molar-refractivity contribution in [2.75, 3.05) is 13.1 Å². The number of hydrogen-bond acceptors (Lipinski definition) is 4. The van der Waals surface area contributed by atoms with Crippen molar-refractivity contribution in [2.24, 2.45) is 5.92 Å². The number of hydrogen-bond donors (Lipinski definition) is 1. The SMILES string of the molecule is O=C(CCN1C[C@@H]2CC[C@H]1C2)NCc1cc(-c2ccccc2Cl)on1. The maximum Gasteiger partial charge on any atom is 0.221 e. The second kappa shape index (κ2) is 7.18. The second-order valence-electron chi connectivity index (χ2n) is 7.02. The topological polar surface area (TPSA) is 58.4 Å². The standard InChI is InChI=1S/C19H22ClN3O2/c20-17-4-2-1-3-16(17)18-10-14(22-25-18)11-21-19(24)7-8-23-12-13-5-6-15(23)9-13/h1-4,10,13,15H,5-9,11-12H2,(H,21,24)/t13-,15+/m1/s1. The minimum atomic E-state index is 0.0602. The lowest BCUT2D eigenvalue weighted by Gasteiger charge is -2.26. The number of likely N-dealkylation sites (tertiary alicyclic amines) is 1. The van der Waals surface area contributed by atoms with Gasteiger partial charge >= 0.3 is 0 Å². The van der Waals surface area contributed by atoms with Gasteiger partial charge < -0.3 is 9.84 Å². The quantitative estimate of drug-likeness (QED) is 0.857. The Kier molecular flexibility index (Phi) is 4.77. The van der Waals surface area contributed by atoms with Crippen molar-refractivity contribution in [3.63, 3.8) is 0 Å². The highest BCUT2D eigenvalue weighted by Gasteiger charge is 2.37. The van der Waals surface area contributed by atoms with Gasteiger partial charge in [-0.25, -0.2) is 0 Å². The average Bonchev–Trinajstić information content (AvgIpc) is 3.35. The van der Waals surface area contributed by atoms with E-state index in [1.807, 2.05) is 30.3 Å². The van der Waals surface area contributed by atoms with Crippen molar-refractivity contribution in [2.45, 2.75) is 38.3 Å². The first-order valence-corrected chi connectivity index (χ1v) is 9.28. The molecule has 25 heavy (non-hydrogen) atoms. The molecule has 1 amide bonds. The number of amides is 1. The van der Waals surface area contributed by atoms with Gasteiger partial charge in [-0.05, 0) is 37.3 Å². The minimum absolute atomic E-state index is 0.0602. The van der Waals surface area contributed by atoms with Crippen LogP contribution in [0.5, 0.6) is 0 Å². The second-order valence-corrected chi connectivity index (χ2v) is 7.42. The summed E-state index contributed by atoms with van der Waals surface area (Å²) in [5, 5.41) is 7.56. The number of piperidine rings is 1. The molecule has 2 atom stereocenters. The molecule has 2 aromatic rings. The van der Waals surface area contributed by atoms with E-state index in [9.17, 15) is 4.79 Å². The largest absolute Gasteiger partial charge is 0.356 e. The molecule has 1 saturated heterocycles. The van der Waals surface area contributed by atoms with Gasteiger partial charge in [0.1, 0.15) is 5.69 Å². The summed E-state index contributed by atoms with van der Waals surface area (Å²) in [5.74, 6) is 1.54. The Morgan fingerprint density at radius 2 is 2.24 bits per heavy atom. The Labute approximate surface area is 152 Å². The number of aromatic nitrogens is 1. The maximum atomic E-state index is 12.1. The van der Waals surface area contributed by atoms with Crippen LogP contribution in [-0.2, 0) is 11.3 Å². The predicted molar refractivity (Wildman–Crippen MR) is 96.1 cm³/mol. The molecule has 1 aliphatic heterocycles. The Bertz CT molecular complexity index is 761. The van der Waals surface area contributed by atoms with Gasteiger partial charge in [0, 0.05) is 37.2 Å². The van der Waals surface area contributed by atoms with E-state index in [4.69, 9.17) is 16.1 Å². The fourth-order valence-electron chi connectivity index (χ4n) is 4.01. The first-order valence-electron chi connectivity index (χ1n) is 8.90. The van der Waals surface area contributed by atoms with E-state index in [0.29, 0.717) is 35.5 Å². The van der Waals surface area contributed by atoms with Crippen molar-refractivity contribution in [1.29, 1.82) is 0 Å². The summed E-state index contributed by atoms with van der Waals surface area (Å²) in [6, 6.07) is 10.00. The molecular formula is C19H22ClN3O2. The number of carbonyl (C=O) groups excluding carboxylic acids is 1. The smallest absolute Gasteiger partial charge is 0.221 e. The Morgan fingerprint density at radius 3 is 3.00 bits per heavy atom. The minimum Gasteiger partial charge on any atom is -0.356 e. The highest BCUT2D eigenvalue weighted by molar-refractivity contribution is 6.33. The number of benzene rings is 1. The summed E-state index contributed by atoms with van der Waals surface area (Å²) in [6.07, 6.45) is 4.53. The zero-order valence-corrected chi connectivity index (χ0v) is 14.8. The van der Waals surface area contributed by atoms with E-state index in [-0.39, 0.29) is 5.91 Å². The molecule has 132 valence electrons. The van der Waals surface area contributed by atoms with Crippen molar-refractivity contribution in [3.05, 3.63) is 41.0 Å². The highest BCUT2D eigenvalue weighted by Crippen LogP contribution is 2.37. The summed E-state index contributed by atoms with van der Waals surface area (Å²) in [6.45, 7) is 2.40. The number of nitrogens with one attached hydrogen (secondary N) is 1. The van der Waals surface area contributed by atoms with Crippen LogP contribution >= 0.6 is 11.6 Å². The lowest BCUT2D eigenvalue weighted by Crippen LogP contribution is -2.35. The van der Waals surface area contributed by atoms with Crippen molar-refractivity contribution < 1.29 is 9.32 Å². The van der Waals surface area contributed by atoms with Gasteiger partial charge in [-0.3, -0.25) is 9.69 Å². The Morgan fingerprint density at radius 1 is 1.36 bits per heavy atom. The molecule has 0 unspecified atom stereocenters. The lowest BCUT2D eigenvalue weighted by molar-refractivity contribution is -0.121. The molecule has 0 radical (unpaired) electrons. The van der Waals surface area contributed by atoms with Crippen molar-refractivity contribution >= 4 is 17.5 Å². The van der Waals surface area contributed by atoms with Crippen LogP contribution in [0, 0.1) is 5.92 Å². The summed E-state index contributed by atoms with van der Waals surface area (Å²) in [5.41, 5.74) is 1.50. The third-order valence-electron chi connectivity index (χ3n) is 5.31. The van der Waals surface area contributed by atoms with Crippen LogP contribution in [-0.4, -0.2) is 35.1 Å². The lowest BCUT2D eigenvalue weighted by atomic mass is 10.1. The summed E-state index contributed by atoms with van der Waals surface area (Å²) in [4.78, 5) is 14.6. The monoisotopic (exact) mass is 359 g/mol. The predicted octanol–water partition coefficient (Wildman–Crippen LogP) is 3.49. The van der Waals surface area contributed by atoms with E-state index >= 15 is 0 Å².